The van der Waals surface area contributed by atoms with Gasteiger partial charge < -0.3 is 15.5 Å². The van der Waals surface area contributed by atoms with Crippen molar-refractivity contribution in [2.24, 2.45) is 0 Å². The van der Waals surface area contributed by atoms with Crippen molar-refractivity contribution >= 4 is 29.4 Å². The molecule has 0 saturated heterocycles. The Morgan fingerprint density at radius 3 is 2.89 bits per heavy atom. The van der Waals surface area contributed by atoms with Gasteiger partial charge in [-0.3, -0.25) is 0 Å². The lowest BCUT2D eigenvalue weighted by Crippen LogP contribution is -2.10. The number of methoxy groups -OCH3 is 1. The molecular formula is C13H16ClN3O2. The Bertz CT molecular complexity index is 475. The van der Waals surface area contributed by atoms with Gasteiger partial charge in [0.05, 0.1) is 12.8 Å². The lowest BCUT2D eigenvalue weighted by atomic mass is 10.2. The molecule has 0 aliphatic carbocycles. The zero-order valence-corrected chi connectivity index (χ0v) is 11.4. The number of rotatable bonds is 7. The summed E-state index contributed by atoms with van der Waals surface area (Å²) in [5.74, 6) is 0.0814. The fourth-order valence-corrected chi connectivity index (χ4v) is 1.49. The van der Waals surface area contributed by atoms with E-state index in [-0.39, 0.29) is 5.69 Å². The van der Waals surface area contributed by atoms with E-state index < -0.39 is 5.97 Å². The van der Waals surface area contributed by atoms with E-state index in [2.05, 4.69) is 15.0 Å². The largest absolute Gasteiger partial charge is 0.464 e. The van der Waals surface area contributed by atoms with Crippen LogP contribution in [0.15, 0.2) is 24.4 Å². The Morgan fingerprint density at radius 1 is 1.53 bits per heavy atom. The summed E-state index contributed by atoms with van der Waals surface area (Å²) in [4.78, 5) is 15.5. The summed E-state index contributed by atoms with van der Waals surface area (Å²) in [7, 11) is 1.30. The first-order valence-corrected chi connectivity index (χ1v) is 6.32. The number of nitrogens with zero attached hydrogens (tertiary/aromatic N) is 1. The van der Waals surface area contributed by atoms with E-state index in [0.717, 1.165) is 13.0 Å². The molecule has 102 valence electrons. The molecule has 0 unspecified atom stereocenters. The molecule has 6 heteroatoms. The molecule has 0 saturated carbocycles. The van der Waals surface area contributed by atoms with Gasteiger partial charge in [-0.05, 0) is 18.6 Å². The van der Waals surface area contributed by atoms with Gasteiger partial charge >= 0.3 is 5.97 Å². The van der Waals surface area contributed by atoms with Crippen LogP contribution in [0.1, 0.15) is 22.6 Å². The Hall–Kier alpha value is -1.88. The summed E-state index contributed by atoms with van der Waals surface area (Å²) in [6, 6.07) is 5.00. The summed E-state index contributed by atoms with van der Waals surface area (Å²) in [5.41, 5.74) is 1.34. The normalized spacial score (nSPS) is 10.9. The topological polar surface area (TPSA) is 75.1 Å². The number of nitrogens with one attached hydrogen (secondary N) is 2. The SMILES string of the molecule is COC(=O)c1cccc(/C(C=N)=C/NCCCCl)n1. The number of carbonyl (C=O) groups excluding carboxylic acids is 1. The van der Waals surface area contributed by atoms with Crippen molar-refractivity contribution in [3.8, 4) is 0 Å². The molecule has 0 atom stereocenters. The molecule has 1 rings (SSSR count). The summed E-state index contributed by atoms with van der Waals surface area (Å²) in [5, 5.41) is 10.4. The standard InChI is InChI=1S/C13H16ClN3O2/c1-19-13(18)12-5-2-4-11(17-12)10(8-15)9-16-7-3-6-14/h2,4-5,8-9,15-16H,3,6-7H2,1H3/b10-9+,15-8?. The first-order valence-electron chi connectivity index (χ1n) is 5.78. The lowest BCUT2D eigenvalue weighted by molar-refractivity contribution is 0.0594. The van der Waals surface area contributed by atoms with Crippen LogP contribution in [-0.2, 0) is 4.74 Å². The van der Waals surface area contributed by atoms with Crippen LogP contribution in [0.25, 0.3) is 5.57 Å². The minimum Gasteiger partial charge on any atom is -0.464 e. The fourth-order valence-electron chi connectivity index (χ4n) is 1.35. The van der Waals surface area contributed by atoms with E-state index >= 15 is 0 Å². The predicted molar refractivity (Wildman–Crippen MR) is 75.7 cm³/mol. The third-order valence-corrected chi connectivity index (χ3v) is 2.57. The quantitative estimate of drug-likeness (QED) is 0.347. The molecule has 19 heavy (non-hydrogen) atoms. The number of allylic oxidation sites excluding steroid dienone is 1. The first kappa shape index (κ1) is 15.2. The van der Waals surface area contributed by atoms with Gasteiger partial charge in [0.1, 0.15) is 5.69 Å². The maximum Gasteiger partial charge on any atom is 0.356 e. The van der Waals surface area contributed by atoms with Gasteiger partial charge in [0, 0.05) is 30.4 Å². The predicted octanol–water partition coefficient (Wildman–Crippen LogP) is 2.08. The molecule has 1 heterocycles. The van der Waals surface area contributed by atoms with Crippen molar-refractivity contribution in [1.82, 2.24) is 10.3 Å². The minimum atomic E-state index is -0.499. The van der Waals surface area contributed by atoms with Gasteiger partial charge in [-0.2, -0.15) is 0 Å². The van der Waals surface area contributed by atoms with Crippen molar-refractivity contribution < 1.29 is 9.53 Å². The number of pyridine rings is 1. The number of aromatic nitrogens is 1. The maximum atomic E-state index is 11.4. The van der Waals surface area contributed by atoms with E-state index in [1.54, 1.807) is 24.4 Å². The fraction of sp³-hybridized carbons (Fsp3) is 0.308. The smallest absolute Gasteiger partial charge is 0.356 e. The Morgan fingerprint density at radius 2 is 2.26 bits per heavy atom. The van der Waals surface area contributed by atoms with Crippen LogP contribution in [0.2, 0.25) is 0 Å². The van der Waals surface area contributed by atoms with Crippen LogP contribution < -0.4 is 5.32 Å². The summed E-state index contributed by atoms with van der Waals surface area (Å²) >= 11 is 5.57. The molecule has 2 N–H and O–H groups in total. The molecule has 5 nitrogen and oxygen atoms in total. The molecule has 0 spiro atoms. The average Bonchev–Trinajstić information content (AvgIpc) is 2.46. The Kier molecular flexibility index (Phi) is 6.60. The molecule has 0 radical (unpaired) electrons. The third kappa shape index (κ3) is 4.71. The highest BCUT2D eigenvalue weighted by Crippen LogP contribution is 2.10. The van der Waals surface area contributed by atoms with Gasteiger partial charge in [0.15, 0.2) is 0 Å². The van der Waals surface area contributed by atoms with Crippen LogP contribution in [0.5, 0.6) is 0 Å². The minimum absolute atomic E-state index is 0.216. The molecule has 0 amide bonds. The van der Waals surface area contributed by atoms with Gasteiger partial charge in [-0.15, -0.1) is 11.6 Å². The van der Waals surface area contributed by atoms with E-state index in [9.17, 15) is 4.79 Å². The van der Waals surface area contributed by atoms with Crippen LogP contribution in [0.3, 0.4) is 0 Å². The van der Waals surface area contributed by atoms with E-state index in [4.69, 9.17) is 17.0 Å². The van der Waals surface area contributed by atoms with Crippen LogP contribution in [0, 0.1) is 5.41 Å². The summed E-state index contributed by atoms with van der Waals surface area (Å²) in [6.45, 7) is 0.720. The van der Waals surface area contributed by atoms with Crippen LogP contribution >= 0.6 is 11.6 Å². The van der Waals surface area contributed by atoms with Crippen molar-refractivity contribution in [1.29, 1.82) is 5.41 Å². The van der Waals surface area contributed by atoms with Gasteiger partial charge in [0.25, 0.3) is 0 Å². The number of ether oxygens (including phenoxy) is 1. The van der Waals surface area contributed by atoms with Crippen molar-refractivity contribution in [3.63, 3.8) is 0 Å². The monoisotopic (exact) mass is 281 g/mol. The number of alkyl halides is 1. The highest BCUT2D eigenvalue weighted by molar-refractivity contribution is 6.17. The molecule has 1 aromatic rings. The highest BCUT2D eigenvalue weighted by atomic mass is 35.5. The van der Waals surface area contributed by atoms with Crippen LogP contribution in [-0.4, -0.2) is 36.7 Å². The molecular weight excluding hydrogens is 266 g/mol. The third-order valence-electron chi connectivity index (χ3n) is 2.31. The summed E-state index contributed by atoms with van der Waals surface area (Å²) in [6.07, 6.45) is 3.69. The van der Waals surface area contributed by atoms with Gasteiger partial charge in [-0.25, -0.2) is 9.78 Å². The summed E-state index contributed by atoms with van der Waals surface area (Å²) < 4.78 is 4.61. The second-order valence-corrected chi connectivity index (χ2v) is 4.02. The van der Waals surface area contributed by atoms with Crippen molar-refractivity contribution in [2.45, 2.75) is 6.42 Å². The number of hydrogen-bond donors (Lipinski definition) is 2. The van der Waals surface area contributed by atoms with Gasteiger partial charge in [0.2, 0.25) is 0 Å². The highest BCUT2D eigenvalue weighted by Gasteiger charge is 2.08. The van der Waals surface area contributed by atoms with E-state index in [0.29, 0.717) is 17.1 Å². The second-order valence-electron chi connectivity index (χ2n) is 3.64. The van der Waals surface area contributed by atoms with Crippen LogP contribution in [0.4, 0.5) is 0 Å². The number of halogens is 1. The molecule has 0 bridgehead atoms. The number of carbonyl (C=O) groups is 1. The zero-order chi connectivity index (χ0) is 14.1. The number of esters is 1. The molecule has 0 fully saturated rings. The molecule has 0 aliphatic rings. The van der Waals surface area contributed by atoms with Crippen molar-refractivity contribution in [3.05, 3.63) is 35.8 Å². The molecule has 0 aromatic carbocycles. The maximum absolute atomic E-state index is 11.4. The Labute approximate surface area is 117 Å². The number of hydrogen-bond acceptors (Lipinski definition) is 5. The second kappa shape index (κ2) is 8.26. The first-order chi connectivity index (χ1) is 9.22. The average molecular weight is 282 g/mol. The van der Waals surface area contributed by atoms with Crippen molar-refractivity contribution in [2.75, 3.05) is 19.5 Å². The van der Waals surface area contributed by atoms with E-state index in [1.165, 1.54) is 13.3 Å². The molecule has 1 aromatic heterocycles. The van der Waals surface area contributed by atoms with E-state index in [1.807, 2.05) is 0 Å². The zero-order valence-electron chi connectivity index (χ0n) is 10.6. The van der Waals surface area contributed by atoms with Gasteiger partial charge in [-0.1, -0.05) is 6.07 Å². The lowest BCUT2D eigenvalue weighted by Gasteiger charge is -2.05. The Balaban J connectivity index is 2.86. The molecule has 0 aliphatic heterocycles.